The number of aromatic nitrogens is 4. The van der Waals surface area contributed by atoms with Crippen molar-refractivity contribution in [3.8, 4) is 28.6 Å². The first-order chi connectivity index (χ1) is 13.3. The molecule has 27 heavy (non-hydrogen) atoms. The van der Waals surface area contributed by atoms with Crippen LogP contribution in [0.1, 0.15) is 5.56 Å². The van der Waals surface area contributed by atoms with Crippen molar-refractivity contribution >= 4 is 5.82 Å². The van der Waals surface area contributed by atoms with Crippen LogP contribution in [0.25, 0.3) is 22.8 Å². The Morgan fingerprint density at radius 3 is 2.81 bits per heavy atom. The highest BCUT2D eigenvalue weighted by Gasteiger charge is 2.15. The van der Waals surface area contributed by atoms with Gasteiger partial charge in [0.05, 0.1) is 7.11 Å². The molecule has 0 aliphatic carbocycles. The number of hydrogen-bond donors (Lipinski definition) is 1. The lowest BCUT2D eigenvalue weighted by molar-refractivity contribution is 0.414. The highest BCUT2D eigenvalue weighted by atomic mass is 16.5. The molecule has 0 atom stereocenters. The standard InChI is InChI=1S/C20H17N5O2/c1-26-16-9-5-6-14(10-16)11-22-19-17(12-21-13-23-19)20-24-18(25-27-20)15-7-3-2-4-8-15/h2-10,12-13H,11H2,1H3,(H,21,22,23). The van der Waals surface area contributed by atoms with E-state index in [2.05, 4.69) is 25.4 Å². The monoisotopic (exact) mass is 359 g/mol. The van der Waals surface area contributed by atoms with Gasteiger partial charge in [0, 0.05) is 18.3 Å². The van der Waals surface area contributed by atoms with Gasteiger partial charge < -0.3 is 14.6 Å². The minimum atomic E-state index is 0.364. The Labute approximate surface area is 156 Å². The molecule has 0 aliphatic rings. The second-order valence-electron chi connectivity index (χ2n) is 5.78. The van der Waals surface area contributed by atoms with E-state index in [9.17, 15) is 0 Å². The second kappa shape index (κ2) is 7.65. The van der Waals surface area contributed by atoms with E-state index in [4.69, 9.17) is 9.26 Å². The molecule has 1 N–H and O–H groups in total. The average molecular weight is 359 g/mol. The molecule has 4 rings (SSSR count). The van der Waals surface area contributed by atoms with Crippen molar-refractivity contribution in [2.75, 3.05) is 12.4 Å². The van der Waals surface area contributed by atoms with Crippen LogP contribution in [-0.4, -0.2) is 27.2 Å². The van der Waals surface area contributed by atoms with Gasteiger partial charge >= 0.3 is 0 Å². The Balaban J connectivity index is 1.57. The maximum absolute atomic E-state index is 5.43. The Morgan fingerprint density at radius 2 is 1.96 bits per heavy atom. The number of rotatable bonds is 6. The molecule has 0 aliphatic heterocycles. The van der Waals surface area contributed by atoms with Crippen molar-refractivity contribution in [2.45, 2.75) is 6.54 Å². The first-order valence-electron chi connectivity index (χ1n) is 8.40. The molecule has 0 radical (unpaired) electrons. The molecule has 2 aromatic heterocycles. The van der Waals surface area contributed by atoms with Gasteiger partial charge in [0.15, 0.2) is 0 Å². The molecule has 134 valence electrons. The van der Waals surface area contributed by atoms with Gasteiger partial charge in [-0.1, -0.05) is 47.6 Å². The van der Waals surface area contributed by atoms with Crippen molar-refractivity contribution in [1.29, 1.82) is 0 Å². The van der Waals surface area contributed by atoms with Crippen molar-refractivity contribution in [1.82, 2.24) is 20.1 Å². The summed E-state index contributed by atoms with van der Waals surface area (Å²) in [7, 11) is 1.65. The zero-order valence-corrected chi connectivity index (χ0v) is 14.7. The van der Waals surface area contributed by atoms with Crippen molar-refractivity contribution in [3.63, 3.8) is 0 Å². The molecule has 7 nitrogen and oxygen atoms in total. The van der Waals surface area contributed by atoms with Gasteiger partial charge in [-0.2, -0.15) is 4.98 Å². The molecule has 2 heterocycles. The summed E-state index contributed by atoms with van der Waals surface area (Å²) in [5.41, 5.74) is 2.60. The topological polar surface area (TPSA) is 86.0 Å². The summed E-state index contributed by atoms with van der Waals surface area (Å²) in [6, 6.07) is 17.5. The Morgan fingerprint density at radius 1 is 1.07 bits per heavy atom. The third-order valence-electron chi connectivity index (χ3n) is 3.99. The zero-order valence-electron chi connectivity index (χ0n) is 14.7. The van der Waals surface area contributed by atoms with Crippen LogP contribution >= 0.6 is 0 Å². The molecule has 0 saturated carbocycles. The van der Waals surface area contributed by atoms with Crippen molar-refractivity contribution < 1.29 is 9.26 Å². The van der Waals surface area contributed by atoms with E-state index in [1.807, 2.05) is 54.6 Å². The summed E-state index contributed by atoms with van der Waals surface area (Å²) >= 11 is 0. The van der Waals surface area contributed by atoms with E-state index in [0.29, 0.717) is 29.6 Å². The van der Waals surface area contributed by atoms with E-state index >= 15 is 0 Å². The van der Waals surface area contributed by atoms with Crippen LogP contribution in [0.4, 0.5) is 5.82 Å². The van der Waals surface area contributed by atoms with Crippen LogP contribution in [0.2, 0.25) is 0 Å². The van der Waals surface area contributed by atoms with Gasteiger partial charge in [-0.15, -0.1) is 0 Å². The molecule has 0 amide bonds. The number of nitrogens with one attached hydrogen (secondary N) is 1. The Hall–Kier alpha value is -3.74. The summed E-state index contributed by atoms with van der Waals surface area (Å²) in [4.78, 5) is 12.9. The predicted molar refractivity (Wildman–Crippen MR) is 101 cm³/mol. The minimum absolute atomic E-state index is 0.364. The highest BCUT2D eigenvalue weighted by molar-refractivity contribution is 5.69. The van der Waals surface area contributed by atoms with Gasteiger partial charge in [0.2, 0.25) is 5.82 Å². The number of nitrogens with zero attached hydrogens (tertiary/aromatic N) is 4. The smallest absolute Gasteiger partial charge is 0.263 e. The lowest BCUT2D eigenvalue weighted by Crippen LogP contribution is -2.03. The van der Waals surface area contributed by atoms with Crippen LogP contribution < -0.4 is 10.1 Å². The number of anilines is 1. The van der Waals surface area contributed by atoms with Crippen LogP contribution in [0.3, 0.4) is 0 Å². The lowest BCUT2D eigenvalue weighted by Gasteiger charge is -2.09. The lowest BCUT2D eigenvalue weighted by atomic mass is 10.2. The maximum Gasteiger partial charge on any atom is 0.263 e. The molecule has 7 heteroatoms. The predicted octanol–water partition coefficient (Wildman–Crippen LogP) is 3.81. The summed E-state index contributed by atoms with van der Waals surface area (Å²) in [5.74, 6) is 2.31. The summed E-state index contributed by atoms with van der Waals surface area (Å²) in [6.07, 6.45) is 3.13. The minimum Gasteiger partial charge on any atom is -0.497 e. The first kappa shape index (κ1) is 16.7. The zero-order chi connectivity index (χ0) is 18.5. The van der Waals surface area contributed by atoms with E-state index < -0.39 is 0 Å². The van der Waals surface area contributed by atoms with E-state index in [1.54, 1.807) is 13.3 Å². The highest BCUT2D eigenvalue weighted by Crippen LogP contribution is 2.26. The van der Waals surface area contributed by atoms with Crippen molar-refractivity contribution in [2.24, 2.45) is 0 Å². The van der Waals surface area contributed by atoms with Gasteiger partial charge in [0.1, 0.15) is 23.5 Å². The number of hydrogen-bond acceptors (Lipinski definition) is 7. The first-order valence-corrected chi connectivity index (χ1v) is 8.40. The SMILES string of the molecule is COc1cccc(CNc2ncncc2-c2nc(-c3ccccc3)no2)c1. The average Bonchev–Trinajstić information content (AvgIpc) is 3.23. The van der Waals surface area contributed by atoms with Crippen LogP contribution in [0.15, 0.2) is 71.6 Å². The van der Waals surface area contributed by atoms with Crippen LogP contribution in [-0.2, 0) is 6.54 Å². The molecule has 0 bridgehead atoms. The maximum atomic E-state index is 5.43. The molecule has 4 aromatic rings. The molecule has 0 saturated heterocycles. The van der Waals surface area contributed by atoms with Crippen molar-refractivity contribution in [3.05, 3.63) is 72.7 Å². The van der Waals surface area contributed by atoms with Gasteiger partial charge in [-0.25, -0.2) is 9.97 Å². The van der Waals surface area contributed by atoms with Gasteiger partial charge in [0.25, 0.3) is 5.89 Å². The normalized spacial score (nSPS) is 10.6. The number of methoxy groups -OCH3 is 1. The fraction of sp³-hybridized carbons (Fsp3) is 0.100. The van der Waals surface area contributed by atoms with Crippen LogP contribution in [0.5, 0.6) is 5.75 Å². The Kier molecular flexibility index (Phi) is 4.74. The Bertz CT molecular complexity index is 1030. The third-order valence-corrected chi connectivity index (χ3v) is 3.99. The quantitative estimate of drug-likeness (QED) is 0.560. The summed E-state index contributed by atoms with van der Waals surface area (Å²) in [6.45, 7) is 0.570. The number of benzene rings is 2. The van der Waals surface area contributed by atoms with Crippen LogP contribution in [0, 0.1) is 0 Å². The molecule has 0 unspecified atom stereocenters. The van der Waals surface area contributed by atoms with Gasteiger partial charge in [-0.3, -0.25) is 0 Å². The summed E-state index contributed by atoms with van der Waals surface area (Å²) < 4.78 is 10.7. The molecular formula is C20H17N5O2. The number of ether oxygens (including phenoxy) is 1. The third kappa shape index (κ3) is 3.77. The second-order valence-corrected chi connectivity index (χ2v) is 5.78. The summed E-state index contributed by atoms with van der Waals surface area (Å²) in [5, 5.41) is 7.35. The van der Waals surface area contributed by atoms with E-state index in [-0.39, 0.29) is 0 Å². The molecular weight excluding hydrogens is 342 g/mol. The fourth-order valence-corrected chi connectivity index (χ4v) is 2.63. The fourth-order valence-electron chi connectivity index (χ4n) is 2.63. The molecule has 0 spiro atoms. The van der Waals surface area contributed by atoms with Gasteiger partial charge in [-0.05, 0) is 17.7 Å². The molecule has 0 fully saturated rings. The van der Waals surface area contributed by atoms with E-state index in [1.165, 1.54) is 6.33 Å². The molecule has 2 aromatic carbocycles. The van der Waals surface area contributed by atoms with E-state index in [0.717, 1.165) is 16.9 Å². The largest absolute Gasteiger partial charge is 0.497 e.